The van der Waals surface area contributed by atoms with Gasteiger partial charge in [-0.15, -0.1) is 0 Å². The Labute approximate surface area is 176 Å². The smallest absolute Gasteiger partial charge is 0.307 e. The van der Waals surface area contributed by atoms with Crippen LogP contribution in [0.15, 0.2) is 52.2 Å². The summed E-state index contributed by atoms with van der Waals surface area (Å²) in [6, 6.07) is 10.3. The molecule has 0 spiro atoms. The molecule has 29 heavy (non-hydrogen) atoms. The number of aromatic nitrogens is 1. The standard InChI is InChI=1S/C19H18ClN3O4S2/c1-22-15-9-6-13(11-17(15)28-19(22)25)21-18(24)16-3-2-10-23(16)29(26,27)14-7-4-12(20)5-8-14/h4-9,11,16H,2-3,10H2,1H3,(H,21,24)/t16-/m1/s1. The number of benzene rings is 2. The molecule has 2 aromatic carbocycles. The summed E-state index contributed by atoms with van der Waals surface area (Å²) in [7, 11) is -2.12. The quantitative estimate of drug-likeness (QED) is 0.660. The largest absolute Gasteiger partial charge is 0.325 e. The van der Waals surface area contributed by atoms with Gasteiger partial charge in [-0.3, -0.25) is 9.59 Å². The first-order valence-electron chi connectivity index (χ1n) is 8.95. The second-order valence-electron chi connectivity index (χ2n) is 6.83. The Morgan fingerprint density at radius 3 is 2.66 bits per heavy atom. The number of sulfonamides is 1. The van der Waals surface area contributed by atoms with Crippen molar-refractivity contribution in [3.63, 3.8) is 0 Å². The Bertz CT molecular complexity index is 1250. The van der Waals surface area contributed by atoms with E-state index in [0.717, 1.165) is 21.6 Å². The lowest BCUT2D eigenvalue weighted by atomic mass is 10.2. The summed E-state index contributed by atoms with van der Waals surface area (Å²) in [6.45, 7) is 0.280. The number of aryl methyl sites for hydroxylation is 1. The minimum Gasteiger partial charge on any atom is -0.325 e. The van der Waals surface area contributed by atoms with Crippen LogP contribution >= 0.6 is 22.9 Å². The summed E-state index contributed by atoms with van der Waals surface area (Å²) in [5.41, 5.74) is 1.31. The predicted molar refractivity (Wildman–Crippen MR) is 114 cm³/mol. The van der Waals surface area contributed by atoms with Crippen molar-refractivity contribution in [2.75, 3.05) is 11.9 Å². The van der Waals surface area contributed by atoms with Gasteiger partial charge in [0.05, 0.1) is 15.1 Å². The van der Waals surface area contributed by atoms with Gasteiger partial charge in [0.15, 0.2) is 0 Å². The van der Waals surface area contributed by atoms with Gasteiger partial charge in [0.1, 0.15) is 6.04 Å². The van der Waals surface area contributed by atoms with E-state index in [-0.39, 0.29) is 22.2 Å². The summed E-state index contributed by atoms with van der Waals surface area (Å²) < 4.78 is 29.5. The summed E-state index contributed by atoms with van der Waals surface area (Å²) in [6.07, 6.45) is 1.05. The van der Waals surface area contributed by atoms with E-state index >= 15 is 0 Å². The number of anilines is 1. The molecule has 0 unspecified atom stereocenters. The number of thiazole rings is 1. The molecule has 0 aliphatic carbocycles. The Hall–Kier alpha value is -2.20. The number of amides is 1. The molecule has 1 aromatic heterocycles. The van der Waals surface area contributed by atoms with E-state index in [4.69, 9.17) is 11.6 Å². The summed E-state index contributed by atoms with van der Waals surface area (Å²) >= 11 is 6.95. The number of carbonyl (C=O) groups is 1. The third-order valence-electron chi connectivity index (χ3n) is 4.99. The molecular weight excluding hydrogens is 434 g/mol. The van der Waals surface area contributed by atoms with E-state index in [9.17, 15) is 18.0 Å². The zero-order valence-corrected chi connectivity index (χ0v) is 17.9. The fourth-order valence-electron chi connectivity index (χ4n) is 3.47. The van der Waals surface area contributed by atoms with Gasteiger partial charge >= 0.3 is 4.87 Å². The van der Waals surface area contributed by atoms with Crippen LogP contribution in [0.5, 0.6) is 0 Å². The first-order chi connectivity index (χ1) is 13.8. The molecular formula is C19H18ClN3O4S2. The van der Waals surface area contributed by atoms with E-state index in [1.807, 2.05) is 0 Å². The molecule has 10 heteroatoms. The maximum Gasteiger partial charge on any atom is 0.307 e. The Balaban J connectivity index is 1.58. The Morgan fingerprint density at radius 1 is 1.21 bits per heavy atom. The Kier molecular flexibility index (Phi) is 5.24. The maximum absolute atomic E-state index is 13.0. The minimum absolute atomic E-state index is 0.0838. The van der Waals surface area contributed by atoms with Crippen LogP contribution in [0.3, 0.4) is 0 Å². The van der Waals surface area contributed by atoms with Crippen LogP contribution in [-0.2, 0) is 21.9 Å². The molecule has 2 heterocycles. The number of hydrogen-bond donors (Lipinski definition) is 1. The van der Waals surface area contributed by atoms with Crippen LogP contribution in [0.4, 0.5) is 5.69 Å². The zero-order chi connectivity index (χ0) is 20.8. The second-order valence-corrected chi connectivity index (χ2v) is 10.1. The van der Waals surface area contributed by atoms with Crippen molar-refractivity contribution in [2.45, 2.75) is 23.8 Å². The first-order valence-corrected chi connectivity index (χ1v) is 11.6. The van der Waals surface area contributed by atoms with E-state index in [2.05, 4.69) is 5.32 Å². The summed E-state index contributed by atoms with van der Waals surface area (Å²) in [4.78, 5) is 24.7. The average molecular weight is 452 g/mol. The number of fused-ring (bicyclic) bond motifs is 1. The molecule has 0 saturated carbocycles. The number of nitrogens with zero attached hydrogens (tertiary/aromatic N) is 2. The SMILES string of the molecule is Cn1c(=O)sc2cc(NC(=O)[C@H]3CCCN3S(=O)(=O)c3ccc(Cl)cc3)ccc21. The van der Waals surface area contributed by atoms with E-state index in [0.29, 0.717) is 23.6 Å². The van der Waals surface area contributed by atoms with Crippen molar-refractivity contribution in [3.8, 4) is 0 Å². The fourth-order valence-corrected chi connectivity index (χ4v) is 6.17. The van der Waals surface area contributed by atoms with Gasteiger partial charge in [-0.1, -0.05) is 22.9 Å². The lowest BCUT2D eigenvalue weighted by Gasteiger charge is -2.23. The molecule has 1 saturated heterocycles. The first kappa shape index (κ1) is 20.1. The van der Waals surface area contributed by atoms with Crippen molar-refractivity contribution in [1.82, 2.24) is 8.87 Å². The van der Waals surface area contributed by atoms with Gasteiger partial charge < -0.3 is 9.88 Å². The van der Waals surface area contributed by atoms with Gasteiger partial charge in [0.2, 0.25) is 15.9 Å². The van der Waals surface area contributed by atoms with Crippen molar-refractivity contribution in [3.05, 3.63) is 57.2 Å². The van der Waals surface area contributed by atoms with Crippen molar-refractivity contribution < 1.29 is 13.2 Å². The second kappa shape index (κ2) is 7.56. The molecule has 1 aliphatic heterocycles. The van der Waals surface area contributed by atoms with Crippen LogP contribution < -0.4 is 10.2 Å². The van der Waals surface area contributed by atoms with E-state index in [1.54, 1.807) is 29.8 Å². The van der Waals surface area contributed by atoms with Gasteiger partial charge in [-0.05, 0) is 55.3 Å². The molecule has 0 bridgehead atoms. The van der Waals surface area contributed by atoms with Gasteiger partial charge in [-0.25, -0.2) is 8.42 Å². The third kappa shape index (κ3) is 3.71. The topological polar surface area (TPSA) is 88.5 Å². The number of rotatable bonds is 4. The number of carbonyl (C=O) groups excluding carboxylic acids is 1. The number of hydrogen-bond acceptors (Lipinski definition) is 5. The highest BCUT2D eigenvalue weighted by Gasteiger charge is 2.39. The van der Waals surface area contributed by atoms with E-state index < -0.39 is 16.1 Å². The number of halogens is 1. The normalized spacial score (nSPS) is 17.7. The van der Waals surface area contributed by atoms with E-state index in [1.165, 1.54) is 28.6 Å². The average Bonchev–Trinajstić information content (AvgIpc) is 3.28. The highest BCUT2D eigenvalue weighted by Crippen LogP contribution is 2.28. The van der Waals surface area contributed by atoms with Crippen molar-refractivity contribution in [1.29, 1.82) is 0 Å². The molecule has 1 N–H and O–H groups in total. The lowest BCUT2D eigenvalue weighted by molar-refractivity contribution is -0.119. The summed E-state index contributed by atoms with van der Waals surface area (Å²) in [5, 5.41) is 3.24. The van der Waals surface area contributed by atoms with Crippen LogP contribution in [0.25, 0.3) is 10.2 Å². The van der Waals surface area contributed by atoms with Gasteiger partial charge in [0.25, 0.3) is 0 Å². The molecule has 1 atom stereocenters. The maximum atomic E-state index is 13.0. The van der Waals surface area contributed by atoms with Crippen LogP contribution in [0.1, 0.15) is 12.8 Å². The van der Waals surface area contributed by atoms with Crippen LogP contribution in [0.2, 0.25) is 5.02 Å². The Morgan fingerprint density at radius 2 is 1.93 bits per heavy atom. The van der Waals surface area contributed by atoms with Crippen LogP contribution in [-0.4, -0.2) is 35.8 Å². The van der Waals surface area contributed by atoms with Crippen molar-refractivity contribution in [2.24, 2.45) is 7.05 Å². The van der Waals surface area contributed by atoms with Gasteiger partial charge in [0, 0.05) is 24.3 Å². The van der Waals surface area contributed by atoms with Crippen molar-refractivity contribution >= 4 is 54.8 Å². The highest BCUT2D eigenvalue weighted by molar-refractivity contribution is 7.89. The third-order valence-corrected chi connectivity index (χ3v) is 8.16. The summed E-state index contributed by atoms with van der Waals surface area (Å²) in [5.74, 6) is -0.386. The fraction of sp³-hybridized carbons (Fsp3) is 0.263. The van der Waals surface area contributed by atoms with Crippen LogP contribution in [0, 0.1) is 0 Å². The molecule has 7 nitrogen and oxygen atoms in total. The molecule has 1 aliphatic rings. The molecule has 0 radical (unpaired) electrons. The zero-order valence-electron chi connectivity index (χ0n) is 15.5. The molecule has 1 amide bonds. The lowest BCUT2D eigenvalue weighted by Crippen LogP contribution is -2.43. The van der Waals surface area contributed by atoms with Gasteiger partial charge in [-0.2, -0.15) is 4.31 Å². The molecule has 4 rings (SSSR count). The number of nitrogens with one attached hydrogen (secondary N) is 1. The molecule has 152 valence electrons. The monoisotopic (exact) mass is 451 g/mol. The molecule has 3 aromatic rings. The minimum atomic E-state index is -3.81. The molecule has 1 fully saturated rings. The highest BCUT2D eigenvalue weighted by atomic mass is 35.5. The predicted octanol–water partition coefficient (Wildman–Crippen LogP) is 3.05.